The molecule has 0 fully saturated rings. The van der Waals surface area contributed by atoms with E-state index < -0.39 is 101 Å². The van der Waals surface area contributed by atoms with Crippen molar-refractivity contribution in [3.05, 3.63) is 47.5 Å². The second kappa shape index (κ2) is 25.3. The summed E-state index contributed by atoms with van der Waals surface area (Å²) in [4.78, 5) is 107. The van der Waals surface area contributed by atoms with Crippen LogP contribution in [0.15, 0.2) is 36.4 Å². The van der Waals surface area contributed by atoms with Crippen LogP contribution in [0.25, 0.3) is 11.1 Å². The molecule has 0 spiro atoms. The zero-order valence-corrected chi connectivity index (χ0v) is 42.3. The maximum absolute atomic E-state index is 14.5. The number of aliphatic hydroxyl groups excluding tert-OH is 1. The van der Waals surface area contributed by atoms with Crippen molar-refractivity contribution in [3.63, 3.8) is 0 Å². The Balaban J connectivity index is 2.23. The monoisotopic (exact) mass is 985 g/mol. The molecule has 2 aromatic rings. The number of ether oxygens (including phenoxy) is 5. The highest BCUT2D eigenvalue weighted by Crippen LogP contribution is 2.40. The van der Waals surface area contributed by atoms with Gasteiger partial charge >= 0.3 is 18.3 Å². The zero-order valence-electron chi connectivity index (χ0n) is 42.3. The number of hydrogen-bond donors (Lipinski definition) is 8. The molecule has 4 bridgehead atoms. The smallest absolute Gasteiger partial charge is 0.407 e. The third-order valence-corrected chi connectivity index (χ3v) is 9.96. The minimum absolute atomic E-state index is 0.00433. The summed E-state index contributed by atoms with van der Waals surface area (Å²) in [6.45, 7) is 17.2. The van der Waals surface area contributed by atoms with Crippen molar-refractivity contribution in [1.29, 1.82) is 0 Å². The Labute approximate surface area is 409 Å². The molecule has 388 valence electrons. The quantitative estimate of drug-likeness (QED) is 0.0835. The molecule has 1 heterocycles. The van der Waals surface area contributed by atoms with Gasteiger partial charge in [-0.25, -0.2) is 14.4 Å². The molecular weight excluding hydrogens is 913 g/mol. The first-order valence-corrected chi connectivity index (χ1v) is 23.0. The fourth-order valence-corrected chi connectivity index (χ4v) is 6.69. The van der Waals surface area contributed by atoms with Gasteiger partial charge in [-0.3, -0.25) is 24.0 Å². The number of carbonyl (C=O) groups excluding carboxylic acids is 8. The van der Waals surface area contributed by atoms with Gasteiger partial charge in [-0.15, -0.1) is 0 Å². The maximum Gasteiger partial charge on any atom is 0.407 e. The average Bonchev–Trinajstić information content (AvgIpc) is 3.24. The molecule has 5 atom stereocenters. The van der Waals surface area contributed by atoms with Crippen LogP contribution in [0.2, 0.25) is 0 Å². The highest BCUT2D eigenvalue weighted by Gasteiger charge is 2.35. The number of ketones is 1. The Hall–Kier alpha value is -6.68. The number of hydrogen-bond acceptors (Lipinski definition) is 15. The molecule has 0 aliphatic carbocycles. The summed E-state index contributed by atoms with van der Waals surface area (Å²) in [6.07, 6.45) is -2.26. The van der Waals surface area contributed by atoms with E-state index in [1.165, 1.54) is 20.9 Å². The van der Waals surface area contributed by atoms with Crippen molar-refractivity contribution in [2.75, 3.05) is 46.5 Å². The second-order valence-electron chi connectivity index (χ2n) is 19.7. The topological polar surface area (TPSA) is 304 Å². The third kappa shape index (κ3) is 19.0. The van der Waals surface area contributed by atoms with Gasteiger partial charge in [0.15, 0.2) is 5.78 Å². The predicted molar refractivity (Wildman–Crippen MR) is 257 cm³/mol. The molecule has 0 unspecified atom stereocenters. The van der Waals surface area contributed by atoms with Crippen molar-refractivity contribution < 1.29 is 67.1 Å². The fraction of sp³-hybridized carbons (Fsp3) is 0.583. The average molecular weight is 985 g/mol. The molecule has 0 radical (unpaired) electrons. The maximum atomic E-state index is 14.5. The molecule has 7 amide bonds. The largest absolute Gasteiger partial charge is 0.491 e. The Bertz CT molecular complexity index is 2200. The first-order chi connectivity index (χ1) is 32.5. The van der Waals surface area contributed by atoms with Crippen molar-refractivity contribution in [2.45, 2.75) is 136 Å². The molecule has 22 heteroatoms. The van der Waals surface area contributed by atoms with Crippen LogP contribution in [-0.4, -0.2) is 145 Å². The molecule has 22 nitrogen and oxygen atoms in total. The third-order valence-electron chi connectivity index (χ3n) is 9.96. The summed E-state index contributed by atoms with van der Waals surface area (Å²) in [7, 11) is 1.36. The molecule has 3 rings (SSSR count). The number of amides is 7. The summed E-state index contributed by atoms with van der Waals surface area (Å²) in [5.74, 6) is -3.30. The van der Waals surface area contributed by atoms with Crippen LogP contribution < -0.4 is 47.1 Å². The van der Waals surface area contributed by atoms with Crippen molar-refractivity contribution >= 4 is 47.7 Å². The number of nitrogens with zero attached hydrogens (tertiary/aromatic N) is 1. The van der Waals surface area contributed by atoms with E-state index in [0.29, 0.717) is 16.7 Å². The van der Waals surface area contributed by atoms with Gasteiger partial charge in [0.1, 0.15) is 66.2 Å². The number of nitrogens with two attached hydrogens (primary N) is 1. The number of benzene rings is 2. The Kier molecular flexibility index (Phi) is 20.8. The van der Waals surface area contributed by atoms with E-state index in [-0.39, 0.29) is 62.8 Å². The van der Waals surface area contributed by atoms with Gasteiger partial charge < -0.3 is 71.3 Å². The molecule has 1 aliphatic heterocycles. The van der Waals surface area contributed by atoms with E-state index in [4.69, 9.17) is 29.4 Å². The van der Waals surface area contributed by atoms with Crippen LogP contribution in [0.3, 0.4) is 0 Å². The van der Waals surface area contributed by atoms with E-state index in [1.807, 2.05) is 0 Å². The van der Waals surface area contributed by atoms with Crippen molar-refractivity contribution in [1.82, 2.24) is 36.8 Å². The molecule has 70 heavy (non-hydrogen) atoms. The van der Waals surface area contributed by atoms with Crippen molar-refractivity contribution in [2.24, 2.45) is 5.73 Å². The number of alkyl carbamates (subject to hydrolysis) is 3. The molecule has 1 aliphatic rings. The van der Waals surface area contributed by atoms with Gasteiger partial charge in [0.2, 0.25) is 23.6 Å². The summed E-state index contributed by atoms with van der Waals surface area (Å²) in [5.41, 5.74) is 5.45. The standard InChI is InChI=1S/C48H72N8O14/c1-27(35(58)26-57)53-40(60)34-24-29-13-15-36(66-21-19-51-44(64)69-47(6,7)8)31(23-29)32-25-30(14-16-37(32)67-22-20-52-45(65)70-48(9,10)11)38(41(61)54-28(2)39(59)55-34)56(12)42(62)33(49)17-18-50-43(63)68-46(3,4)5/h13-16,23,25,27-28,33-34,38,57H,17-22,24,26,49H2,1-12H3,(H,50,63)(H,51,64)(H,52,65)(H,53,60)(H,54,61)(H,55,59)/t27-,28-,33-,34-,38-/m0/s1. The lowest BCUT2D eigenvalue weighted by Gasteiger charge is -2.32. The van der Waals surface area contributed by atoms with Crippen LogP contribution in [-0.2, 0) is 44.6 Å². The fourth-order valence-electron chi connectivity index (χ4n) is 6.69. The van der Waals surface area contributed by atoms with Gasteiger partial charge in [-0.05, 0) is 118 Å². The number of likely N-dealkylation sites (N-methyl/N-ethyl adjacent to an activating group) is 1. The minimum Gasteiger partial charge on any atom is -0.491 e. The van der Waals surface area contributed by atoms with Crippen LogP contribution in [0.5, 0.6) is 11.5 Å². The highest BCUT2D eigenvalue weighted by atomic mass is 16.6. The predicted octanol–water partition coefficient (Wildman–Crippen LogP) is 2.51. The molecule has 0 saturated carbocycles. The normalized spacial score (nSPS) is 17.1. The SMILES string of the molecule is C[C@H](NC(=O)[C@@H]1Cc2ccc(OCCNC(=O)OC(C)(C)C)c(c2)-c2cc(ccc2OCCNC(=O)OC(C)(C)C)[C@H](N(C)C(=O)[C@@H](N)CCNC(=O)OC(C)(C)C)C(=O)N[C@@H](C)C(=O)N1)C(=O)CO. The minimum atomic E-state index is -1.47. The van der Waals surface area contributed by atoms with E-state index in [9.17, 15) is 43.5 Å². The van der Waals surface area contributed by atoms with Gasteiger partial charge in [0.05, 0.1) is 25.2 Å². The lowest BCUT2D eigenvalue weighted by molar-refractivity contribution is -0.141. The van der Waals surface area contributed by atoms with Crippen LogP contribution in [0.4, 0.5) is 14.4 Å². The van der Waals surface area contributed by atoms with Crippen LogP contribution >= 0.6 is 0 Å². The van der Waals surface area contributed by atoms with Crippen LogP contribution in [0.1, 0.15) is 99.8 Å². The molecule has 0 saturated heterocycles. The van der Waals surface area contributed by atoms with Crippen molar-refractivity contribution in [3.8, 4) is 22.6 Å². The first kappa shape index (κ1) is 57.6. The Morgan fingerprint density at radius 1 is 0.743 bits per heavy atom. The van der Waals surface area contributed by atoms with E-state index in [0.717, 1.165) is 4.90 Å². The number of nitrogens with one attached hydrogen (secondary N) is 6. The molecule has 9 N–H and O–H groups in total. The summed E-state index contributed by atoms with van der Waals surface area (Å²) >= 11 is 0. The van der Waals surface area contributed by atoms with Gasteiger partial charge in [0.25, 0.3) is 0 Å². The summed E-state index contributed by atoms with van der Waals surface area (Å²) < 4.78 is 28.5. The van der Waals surface area contributed by atoms with Crippen LogP contribution in [0, 0.1) is 0 Å². The zero-order chi connectivity index (χ0) is 52.7. The van der Waals surface area contributed by atoms with E-state index in [1.54, 1.807) is 98.7 Å². The summed E-state index contributed by atoms with van der Waals surface area (Å²) in [5, 5.41) is 25.1. The molecular formula is C48H72N8O14. The molecule has 2 aromatic carbocycles. The molecule has 0 aromatic heterocycles. The number of fused-ring (bicyclic) bond motifs is 5. The lowest BCUT2D eigenvalue weighted by atomic mass is 9.93. The summed E-state index contributed by atoms with van der Waals surface area (Å²) in [6, 6.07) is 3.16. The highest BCUT2D eigenvalue weighted by molar-refractivity contribution is 5.97. The number of Topliss-reactive ketones (excluding diaryl/α,β-unsaturated/α-hetero) is 1. The van der Waals surface area contributed by atoms with Gasteiger partial charge in [-0.1, -0.05) is 12.1 Å². The van der Waals surface area contributed by atoms with E-state index >= 15 is 0 Å². The number of carbonyl (C=O) groups is 8. The second-order valence-corrected chi connectivity index (χ2v) is 19.7. The lowest BCUT2D eigenvalue weighted by Crippen LogP contribution is -2.56. The number of aliphatic hydroxyl groups is 1. The number of rotatable bonds is 17. The first-order valence-electron chi connectivity index (χ1n) is 23.0. The van der Waals surface area contributed by atoms with Gasteiger partial charge in [0, 0.05) is 31.1 Å². The Morgan fingerprint density at radius 2 is 1.23 bits per heavy atom. The Morgan fingerprint density at radius 3 is 1.73 bits per heavy atom. The van der Waals surface area contributed by atoms with Gasteiger partial charge in [-0.2, -0.15) is 0 Å². The van der Waals surface area contributed by atoms with E-state index in [2.05, 4.69) is 31.9 Å².